The molecule has 7 heteroatoms. The molecule has 30 heavy (non-hydrogen) atoms. The predicted molar refractivity (Wildman–Crippen MR) is 124 cm³/mol. The number of halogens is 1. The van der Waals surface area contributed by atoms with Gasteiger partial charge in [0, 0.05) is 58.4 Å². The molecular weight excluding hydrogens is 515 g/mol. The molecule has 5 nitrogen and oxygen atoms in total. The molecule has 7 atom stereocenters. The Kier molecular flexibility index (Phi) is 5.76. The van der Waals surface area contributed by atoms with Crippen molar-refractivity contribution >= 4 is 30.4 Å². The fraction of sp³-hybridized carbons (Fsp3) is 0.913. The van der Waals surface area contributed by atoms with Gasteiger partial charge in [0.05, 0.1) is 13.2 Å². The number of allylic oxidation sites excluding steroid dienone is 2. The highest BCUT2D eigenvalue weighted by atomic mass is 127. The maximum absolute atomic E-state index is 11.5. The first-order valence-corrected chi connectivity index (χ1v) is 14.9. The van der Waals surface area contributed by atoms with Crippen LogP contribution in [0.3, 0.4) is 0 Å². The molecule has 3 saturated carbocycles. The fourth-order valence-electron chi connectivity index (χ4n) is 7.94. The molecule has 0 amide bonds. The standard InChI is InChI=1S/C23H35IO5S/c1-4-26-23(25)8-6-17-19-16(5-7-21(17,23)3)20(2)9-10-22(27-11-12-28-22)14-15(20)13-18(19)29-30-24/h13,15-17,19,25H,4-12,14H2,1-3H3/t15?,16?,17?,19?,20-,21-,23?/m0/s1. The van der Waals surface area contributed by atoms with Crippen LogP contribution >= 0.6 is 30.4 Å². The maximum atomic E-state index is 11.5. The van der Waals surface area contributed by atoms with Gasteiger partial charge in [-0.15, -0.1) is 0 Å². The zero-order valence-corrected chi connectivity index (χ0v) is 21.3. The van der Waals surface area contributed by atoms with Crippen LogP contribution in [0.15, 0.2) is 11.8 Å². The van der Waals surface area contributed by atoms with Gasteiger partial charge in [-0.1, -0.05) is 13.8 Å². The molecule has 1 N–H and O–H groups in total. The Morgan fingerprint density at radius 3 is 2.57 bits per heavy atom. The van der Waals surface area contributed by atoms with Crippen LogP contribution in [0.4, 0.5) is 0 Å². The van der Waals surface area contributed by atoms with Crippen molar-refractivity contribution in [2.75, 3.05) is 19.8 Å². The molecular formula is C23H35IO5S. The van der Waals surface area contributed by atoms with E-state index in [1.54, 1.807) is 0 Å². The molecule has 170 valence electrons. The molecule has 4 fully saturated rings. The van der Waals surface area contributed by atoms with Crippen LogP contribution in [0.2, 0.25) is 0 Å². The molecule has 0 radical (unpaired) electrons. The highest BCUT2D eigenvalue weighted by Gasteiger charge is 2.67. The first kappa shape index (κ1) is 22.3. The zero-order valence-electron chi connectivity index (χ0n) is 18.3. The average molecular weight is 550 g/mol. The van der Waals surface area contributed by atoms with Gasteiger partial charge in [0.1, 0.15) is 15.0 Å². The summed E-state index contributed by atoms with van der Waals surface area (Å²) in [5.74, 6) is 1.42. The molecule has 5 rings (SSSR count). The summed E-state index contributed by atoms with van der Waals surface area (Å²) in [5.41, 5.74) is 0.000995. The van der Waals surface area contributed by atoms with E-state index in [4.69, 9.17) is 18.4 Å². The van der Waals surface area contributed by atoms with Crippen molar-refractivity contribution < 1.29 is 23.5 Å². The van der Waals surface area contributed by atoms with E-state index in [2.05, 4.69) is 41.1 Å². The largest absolute Gasteiger partial charge is 0.419 e. The Morgan fingerprint density at radius 1 is 1.13 bits per heavy atom. The summed E-state index contributed by atoms with van der Waals surface area (Å²) in [7, 11) is 1.41. The van der Waals surface area contributed by atoms with Crippen molar-refractivity contribution in [1.29, 1.82) is 0 Å². The van der Waals surface area contributed by atoms with Crippen LogP contribution in [-0.2, 0) is 18.4 Å². The number of hydrogen-bond donors (Lipinski definition) is 1. The van der Waals surface area contributed by atoms with Gasteiger partial charge in [0.15, 0.2) is 11.6 Å². The van der Waals surface area contributed by atoms with E-state index >= 15 is 0 Å². The van der Waals surface area contributed by atoms with Crippen LogP contribution < -0.4 is 0 Å². The Balaban J connectivity index is 1.52. The molecule has 0 aromatic rings. The fourth-order valence-corrected chi connectivity index (χ4v) is 8.80. The number of hydrogen-bond acceptors (Lipinski definition) is 6. The van der Waals surface area contributed by atoms with Gasteiger partial charge in [-0.2, -0.15) is 0 Å². The normalized spacial score (nSPS) is 49.3. The molecule has 1 saturated heterocycles. The van der Waals surface area contributed by atoms with E-state index < -0.39 is 5.79 Å². The van der Waals surface area contributed by atoms with Crippen LogP contribution in [0.25, 0.3) is 0 Å². The van der Waals surface area contributed by atoms with Gasteiger partial charge in [0.25, 0.3) is 0 Å². The average Bonchev–Trinajstić information content (AvgIpc) is 3.27. The van der Waals surface area contributed by atoms with E-state index in [-0.39, 0.29) is 16.6 Å². The van der Waals surface area contributed by atoms with Crippen LogP contribution in [0, 0.1) is 34.5 Å². The van der Waals surface area contributed by atoms with Gasteiger partial charge in [-0.05, 0) is 61.9 Å². The summed E-state index contributed by atoms with van der Waals surface area (Å²) in [6, 6.07) is 0. The minimum Gasteiger partial charge on any atom is -0.419 e. The molecule has 0 aromatic heterocycles. The lowest BCUT2D eigenvalue weighted by molar-refractivity contribution is -0.276. The van der Waals surface area contributed by atoms with E-state index in [0.717, 1.165) is 50.7 Å². The maximum Gasteiger partial charge on any atom is 0.171 e. The third-order valence-electron chi connectivity index (χ3n) is 9.63. The topological polar surface area (TPSA) is 57.2 Å². The summed E-state index contributed by atoms with van der Waals surface area (Å²) in [4.78, 5) is 0. The molecule has 4 aliphatic carbocycles. The zero-order chi connectivity index (χ0) is 21.2. The smallest absolute Gasteiger partial charge is 0.171 e. The van der Waals surface area contributed by atoms with Crippen molar-refractivity contribution in [3.05, 3.63) is 11.8 Å². The molecule has 5 aliphatic rings. The number of ether oxygens (including phenoxy) is 3. The molecule has 5 unspecified atom stereocenters. The second kappa shape index (κ2) is 7.76. The first-order chi connectivity index (χ1) is 14.3. The lowest BCUT2D eigenvalue weighted by Gasteiger charge is -2.60. The Morgan fingerprint density at radius 2 is 1.87 bits per heavy atom. The number of fused-ring (bicyclic) bond motifs is 5. The van der Waals surface area contributed by atoms with E-state index in [1.807, 2.05) is 6.92 Å². The molecule has 1 aliphatic heterocycles. The second-order valence-electron chi connectivity index (χ2n) is 10.6. The van der Waals surface area contributed by atoms with Gasteiger partial charge >= 0.3 is 0 Å². The molecule has 0 aromatic carbocycles. The second-order valence-corrected chi connectivity index (χ2v) is 12.0. The van der Waals surface area contributed by atoms with Gasteiger partial charge in [-0.3, -0.25) is 0 Å². The summed E-state index contributed by atoms with van der Waals surface area (Å²) < 4.78 is 24.4. The van der Waals surface area contributed by atoms with E-state index in [9.17, 15) is 5.11 Å². The Hall–Kier alpha value is 0.460. The molecule has 0 bridgehead atoms. The van der Waals surface area contributed by atoms with Gasteiger partial charge in [0.2, 0.25) is 0 Å². The van der Waals surface area contributed by atoms with Crippen LogP contribution in [0.1, 0.15) is 65.7 Å². The highest BCUT2D eigenvalue weighted by Crippen LogP contribution is 2.69. The molecule has 1 spiro atoms. The molecule has 1 heterocycles. The summed E-state index contributed by atoms with van der Waals surface area (Å²) >= 11 is 2.23. The van der Waals surface area contributed by atoms with Crippen molar-refractivity contribution in [3.63, 3.8) is 0 Å². The Bertz CT molecular complexity index is 712. The van der Waals surface area contributed by atoms with E-state index in [1.165, 1.54) is 9.21 Å². The highest BCUT2D eigenvalue weighted by molar-refractivity contribution is 14.2. The van der Waals surface area contributed by atoms with Crippen LogP contribution in [0.5, 0.6) is 0 Å². The lowest BCUT2D eigenvalue weighted by Crippen LogP contribution is -2.58. The van der Waals surface area contributed by atoms with Crippen molar-refractivity contribution in [2.45, 2.75) is 77.3 Å². The third kappa shape index (κ3) is 3.08. The summed E-state index contributed by atoms with van der Waals surface area (Å²) in [6.07, 6.45) is 9.29. The van der Waals surface area contributed by atoms with Gasteiger partial charge in [-0.25, -0.2) is 0 Å². The summed E-state index contributed by atoms with van der Waals surface area (Å²) in [6.45, 7) is 8.71. The third-order valence-corrected chi connectivity index (χ3v) is 10.4. The quantitative estimate of drug-likeness (QED) is 0.279. The van der Waals surface area contributed by atoms with Crippen LogP contribution in [-0.4, -0.2) is 36.5 Å². The van der Waals surface area contributed by atoms with Gasteiger partial charge < -0.3 is 23.5 Å². The summed E-state index contributed by atoms with van der Waals surface area (Å²) in [5, 5.41) is 11.5. The monoisotopic (exact) mass is 550 g/mol. The minimum absolute atomic E-state index is 0.223. The number of rotatable bonds is 4. The van der Waals surface area contributed by atoms with E-state index in [0.29, 0.717) is 43.5 Å². The van der Waals surface area contributed by atoms with Crippen molar-refractivity contribution in [2.24, 2.45) is 34.5 Å². The number of aliphatic hydroxyl groups is 1. The van der Waals surface area contributed by atoms with Crippen molar-refractivity contribution in [1.82, 2.24) is 0 Å². The van der Waals surface area contributed by atoms with Crippen molar-refractivity contribution in [3.8, 4) is 0 Å². The minimum atomic E-state index is -1.01. The SMILES string of the molecule is CCOC1(O)CCC2C3C(OSI)=CC4CC5(CC[C@]4(C)C3CC[C@@]21C)OCCO5. The predicted octanol–water partition coefficient (Wildman–Crippen LogP) is 5.62. The first-order valence-electron chi connectivity index (χ1n) is 11.6. The lowest BCUT2D eigenvalue weighted by atomic mass is 9.46. The Labute approximate surface area is 196 Å².